The van der Waals surface area contributed by atoms with Crippen LogP contribution >= 0.6 is 11.6 Å². The van der Waals surface area contributed by atoms with Crippen LogP contribution in [0.3, 0.4) is 0 Å². The molecule has 0 bridgehead atoms. The van der Waals surface area contributed by atoms with Gasteiger partial charge in [-0.3, -0.25) is 24.0 Å². The van der Waals surface area contributed by atoms with Crippen LogP contribution in [0.4, 0.5) is 11.4 Å². The largest absolute Gasteiger partial charge is 0.354 e. The number of amides is 2. The topological polar surface area (TPSA) is 130 Å². The highest BCUT2D eigenvalue weighted by Gasteiger charge is 2.31. The Hall–Kier alpha value is -3.18. The number of non-ortho nitro benzene ring substituents is 1. The molecule has 0 aliphatic rings. The molecule has 2 aromatic rings. The van der Waals surface area contributed by atoms with Gasteiger partial charge in [0.2, 0.25) is 21.8 Å². The number of rotatable bonds is 11. The van der Waals surface area contributed by atoms with Crippen molar-refractivity contribution < 1.29 is 22.9 Å². The third kappa shape index (κ3) is 7.66. The Labute approximate surface area is 210 Å². The van der Waals surface area contributed by atoms with E-state index in [-0.39, 0.29) is 23.8 Å². The van der Waals surface area contributed by atoms with Crippen molar-refractivity contribution in [2.45, 2.75) is 39.8 Å². The second kappa shape index (κ2) is 12.0. The van der Waals surface area contributed by atoms with E-state index in [0.29, 0.717) is 29.1 Å². The number of aryl methyl sites for hydroxylation is 1. The predicted molar refractivity (Wildman–Crippen MR) is 135 cm³/mol. The van der Waals surface area contributed by atoms with Crippen LogP contribution in [0, 0.1) is 17.0 Å². The summed E-state index contributed by atoms with van der Waals surface area (Å²) in [5.41, 5.74) is 0.790. The summed E-state index contributed by atoms with van der Waals surface area (Å²) in [6, 6.07) is 9.64. The molecule has 2 amide bonds. The lowest BCUT2D eigenvalue weighted by molar-refractivity contribution is -0.384. The average Bonchev–Trinajstić information content (AvgIpc) is 2.78. The molecule has 2 aromatic carbocycles. The van der Waals surface area contributed by atoms with Gasteiger partial charge in [-0.2, -0.15) is 0 Å². The van der Waals surface area contributed by atoms with Gasteiger partial charge >= 0.3 is 0 Å². The average molecular weight is 525 g/mol. The number of nitrogens with zero attached hydrogens (tertiary/aromatic N) is 3. The maximum atomic E-state index is 13.5. The lowest BCUT2D eigenvalue weighted by atomic mass is 10.1. The number of sulfonamides is 1. The molecule has 0 aliphatic heterocycles. The van der Waals surface area contributed by atoms with Gasteiger partial charge in [-0.25, -0.2) is 8.42 Å². The van der Waals surface area contributed by atoms with Gasteiger partial charge < -0.3 is 10.2 Å². The second-order valence-corrected chi connectivity index (χ2v) is 10.5. The Kier molecular flexibility index (Phi) is 9.61. The van der Waals surface area contributed by atoms with Crippen molar-refractivity contribution in [1.82, 2.24) is 10.2 Å². The maximum absolute atomic E-state index is 13.5. The van der Waals surface area contributed by atoms with Crippen molar-refractivity contribution in [2.24, 2.45) is 0 Å². The third-order valence-electron chi connectivity index (χ3n) is 5.31. The molecule has 0 radical (unpaired) electrons. The number of nitro benzene ring substituents is 1. The van der Waals surface area contributed by atoms with Crippen LogP contribution in [-0.4, -0.2) is 55.4 Å². The molecule has 12 heteroatoms. The molecule has 0 aromatic heterocycles. The molecule has 35 heavy (non-hydrogen) atoms. The molecule has 0 heterocycles. The Morgan fingerprint density at radius 2 is 1.89 bits per heavy atom. The van der Waals surface area contributed by atoms with Crippen molar-refractivity contribution in [2.75, 3.05) is 23.7 Å². The summed E-state index contributed by atoms with van der Waals surface area (Å²) in [5.74, 6) is -1.04. The van der Waals surface area contributed by atoms with Crippen LogP contribution in [0.1, 0.15) is 31.4 Å². The van der Waals surface area contributed by atoms with Crippen LogP contribution in [0.2, 0.25) is 5.02 Å². The van der Waals surface area contributed by atoms with E-state index in [4.69, 9.17) is 11.6 Å². The van der Waals surface area contributed by atoms with Gasteiger partial charge in [0.15, 0.2) is 0 Å². The first-order chi connectivity index (χ1) is 16.3. The van der Waals surface area contributed by atoms with Crippen LogP contribution in [0.5, 0.6) is 0 Å². The Morgan fingerprint density at radius 1 is 1.20 bits per heavy atom. The van der Waals surface area contributed by atoms with E-state index in [1.165, 1.54) is 17.0 Å². The standard InChI is InChI=1S/C23H29ClN4O6S/c1-5-11-25-23(30)17(3)26(14-18-7-6-8-19(24)12-18)22(29)15-27(35(4,33)34)21-13-20(28(31)32)10-9-16(21)2/h6-10,12-13,17H,5,11,14-15H2,1-4H3,(H,25,30)/t17-/m1/s1. The summed E-state index contributed by atoms with van der Waals surface area (Å²) in [7, 11) is -4.01. The molecule has 10 nitrogen and oxygen atoms in total. The Bertz CT molecular complexity index is 1200. The summed E-state index contributed by atoms with van der Waals surface area (Å²) in [6.07, 6.45) is 1.62. The first kappa shape index (κ1) is 28.1. The summed E-state index contributed by atoms with van der Waals surface area (Å²) >= 11 is 6.08. The van der Waals surface area contributed by atoms with Crippen LogP contribution in [0.25, 0.3) is 0 Å². The van der Waals surface area contributed by atoms with E-state index >= 15 is 0 Å². The minimum atomic E-state index is -4.01. The molecule has 2 rings (SSSR count). The number of anilines is 1. The maximum Gasteiger partial charge on any atom is 0.271 e. The van der Waals surface area contributed by atoms with Crippen molar-refractivity contribution in [1.29, 1.82) is 0 Å². The quantitative estimate of drug-likeness (QED) is 0.354. The normalized spacial score (nSPS) is 12.0. The van der Waals surface area contributed by atoms with Gasteiger partial charge in [-0.1, -0.05) is 36.7 Å². The SMILES string of the molecule is CCCNC(=O)[C@@H](C)N(Cc1cccc(Cl)c1)C(=O)CN(c1cc([N+](=O)[O-])ccc1C)S(C)(=O)=O. The first-order valence-corrected chi connectivity index (χ1v) is 13.1. The Morgan fingerprint density at radius 3 is 2.46 bits per heavy atom. The minimum absolute atomic E-state index is 0.00558. The number of hydrogen-bond acceptors (Lipinski definition) is 6. The summed E-state index contributed by atoms with van der Waals surface area (Å²) in [6.45, 7) is 4.82. The van der Waals surface area contributed by atoms with Gasteiger partial charge in [0.05, 0.1) is 16.9 Å². The van der Waals surface area contributed by atoms with E-state index < -0.39 is 33.4 Å². The van der Waals surface area contributed by atoms with E-state index in [0.717, 1.165) is 16.6 Å². The molecular formula is C23H29ClN4O6S. The van der Waals surface area contributed by atoms with Crippen molar-refractivity contribution in [3.05, 3.63) is 68.7 Å². The zero-order chi connectivity index (χ0) is 26.3. The molecule has 0 aliphatic carbocycles. The fraction of sp³-hybridized carbons (Fsp3) is 0.391. The van der Waals surface area contributed by atoms with E-state index in [1.807, 2.05) is 6.92 Å². The lowest BCUT2D eigenvalue weighted by Crippen LogP contribution is -2.51. The fourth-order valence-corrected chi connectivity index (χ4v) is 4.50. The van der Waals surface area contributed by atoms with E-state index in [1.54, 1.807) is 38.1 Å². The smallest absolute Gasteiger partial charge is 0.271 e. The number of nitro groups is 1. The summed E-state index contributed by atoms with van der Waals surface area (Å²) in [5, 5.41) is 14.4. The fourth-order valence-electron chi connectivity index (χ4n) is 3.39. The molecule has 190 valence electrons. The first-order valence-electron chi connectivity index (χ1n) is 10.9. The number of nitrogens with one attached hydrogen (secondary N) is 1. The molecule has 1 atom stereocenters. The van der Waals surface area contributed by atoms with Crippen LogP contribution in [-0.2, 0) is 26.2 Å². The molecule has 0 fully saturated rings. The molecule has 1 N–H and O–H groups in total. The summed E-state index contributed by atoms with van der Waals surface area (Å²) in [4.78, 5) is 38.1. The van der Waals surface area contributed by atoms with Gasteiger partial charge in [0, 0.05) is 30.2 Å². The number of benzene rings is 2. The van der Waals surface area contributed by atoms with E-state index in [2.05, 4.69) is 5.32 Å². The highest BCUT2D eigenvalue weighted by Crippen LogP contribution is 2.28. The van der Waals surface area contributed by atoms with Crippen molar-refractivity contribution in [3.8, 4) is 0 Å². The number of carbonyl (C=O) groups excluding carboxylic acids is 2. The van der Waals surface area contributed by atoms with Crippen LogP contribution < -0.4 is 9.62 Å². The zero-order valence-electron chi connectivity index (χ0n) is 20.0. The van der Waals surface area contributed by atoms with Gasteiger partial charge in [0.1, 0.15) is 12.6 Å². The van der Waals surface area contributed by atoms with Gasteiger partial charge in [-0.05, 0) is 43.5 Å². The predicted octanol–water partition coefficient (Wildman–Crippen LogP) is 3.27. The number of hydrogen-bond donors (Lipinski definition) is 1. The van der Waals surface area contributed by atoms with Crippen molar-refractivity contribution >= 4 is 44.8 Å². The molecule has 0 unspecified atom stereocenters. The highest BCUT2D eigenvalue weighted by atomic mass is 35.5. The summed E-state index contributed by atoms with van der Waals surface area (Å²) < 4.78 is 26.1. The van der Waals surface area contributed by atoms with Gasteiger partial charge in [0.25, 0.3) is 5.69 Å². The highest BCUT2D eigenvalue weighted by molar-refractivity contribution is 7.92. The number of halogens is 1. The third-order valence-corrected chi connectivity index (χ3v) is 6.67. The van der Waals surface area contributed by atoms with Crippen LogP contribution in [0.15, 0.2) is 42.5 Å². The zero-order valence-corrected chi connectivity index (χ0v) is 21.6. The van der Waals surface area contributed by atoms with Gasteiger partial charge in [-0.15, -0.1) is 0 Å². The monoisotopic (exact) mass is 524 g/mol. The number of carbonyl (C=O) groups is 2. The second-order valence-electron chi connectivity index (χ2n) is 8.12. The molecule has 0 saturated heterocycles. The molecular weight excluding hydrogens is 496 g/mol. The Balaban J connectivity index is 2.47. The van der Waals surface area contributed by atoms with E-state index in [9.17, 15) is 28.1 Å². The van der Waals surface area contributed by atoms with Crippen molar-refractivity contribution in [3.63, 3.8) is 0 Å². The molecule has 0 saturated carbocycles. The molecule has 0 spiro atoms. The lowest BCUT2D eigenvalue weighted by Gasteiger charge is -2.31. The minimum Gasteiger partial charge on any atom is -0.354 e.